The van der Waals surface area contributed by atoms with E-state index in [1.54, 1.807) is 0 Å². The standard InChI is InChI=1S/C15H21NO4/c1-10-4-3-7-15(20,8-10)9-16-14(19)13-11(17)5-2-6-12(13)18/h2,5-6,10,17-18,20H,3-4,7-9H2,1H3,(H,16,19). The van der Waals surface area contributed by atoms with Crippen LogP contribution in [0.1, 0.15) is 43.0 Å². The van der Waals surface area contributed by atoms with Crippen LogP contribution in [0.5, 0.6) is 11.5 Å². The molecule has 4 N–H and O–H groups in total. The van der Waals surface area contributed by atoms with Crippen LogP contribution in [0.4, 0.5) is 0 Å². The molecule has 2 unspecified atom stereocenters. The molecule has 2 rings (SSSR count). The van der Waals surface area contributed by atoms with Crippen molar-refractivity contribution in [3.63, 3.8) is 0 Å². The second kappa shape index (κ2) is 5.71. The van der Waals surface area contributed by atoms with Gasteiger partial charge < -0.3 is 20.6 Å². The van der Waals surface area contributed by atoms with Gasteiger partial charge in [-0.05, 0) is 30.9 Å². The average Bonchev–Trinajstić information content (AvgIpc) is 2.36. The number of phenolic OH excluding ortho intramolecular Hbond substituents is 2. The molecule has 0 spiro atoms. The third-order valence-corrected chi connectivity index (χ3v) is 3.89. The van der Waals surface area contributed by atoms with Crippen LogP contribution in [-0.2, 0) is 0 Å². The summed E-state index contributed by atoms with van der Waals surface area (Å²) in [5, 5.41) is 32.3. The summed E-state index contributed by atoms with van der Waals surface area (Å²) < 4.78 is 0. The Morgan fingerprint density at radius 2 is 2.05 bits per heavy atom. The van der Waals surface area contributed by atoms with Gasteiger partial charge in [-0.3, -0.25) is 4.79 Å². The van der Waals surface area contributed by atoms with Crippen molar-refractivity contribution < 1.29 is 20.1 Å². The number of phenols is 2. The molecule has 0 aromatic heterocycles. The van der Waals surface area contributed by atoms with Gasteiger partial charge in [0.15, 0.2) is 0 Å². The van der Waals surface area contributed by atoms with Crippen molar-refractivity contribution in [3.05, 3.63) is 23.8 Å². The van der Waals surface area contributed by atoms with Gasteiger partial charge in [0.1, 0.15) is 17.1 Å². The molecule has 0 bridgehead atoms. The van der Waals surface area contributed by atoms with Gasteiger partial charge in [0.25, 0.3) is 5.91 Å². The monoisotopic (exact) mass is 279 g/mol. The van der Waals surface area contributed by atoms with E-state index in [1.807, 2.05) is 0 Å². The zero-order valence-corrected chi connectivity index (χ0v) is 11.6. The largest absolute Gasteiger partial charge is 0.507 e. The molecule has 5 heteroatoms. The summed E-state index contributed by atoms with van der Waals surface area (Å²) in [5.41, 5.74) is -1.05. The molecule has 110 valence electrons. The Balaban J connectivity index is 2.02. The molecule has 0 radical (unpaired) electrons. The van der Waals surface area contributed by atoms with Crippen molar-refractivity contribution in [2.24, 2.45) is 5.92 Å². The zero-order chi connectivity index (χ0) is 14.8. The number of carbonyl (C=O) groups is 1. The predicted molar refractivity (Wildman–Crippen MR) is 74.7 cm³/mol. The van der Waals surface area contributed by atoms with Gasteiger partial charge in [0.05, 0.1) is 5.60 Å². The molecule has 1 aliphatic carbocycles. The van der Waals surface area contributed by atoms with E-state index < -0.39 is 11.5 Å². The topological polar surface area (TPSA) is 89.8 Å². The van der Waals surface area contributed by atoms with Crippen LogP contribution >= 0.6 is 0 Å². The first-order chi connectivity index (χ1) is 9.41. The lowest BCUT2D eigenvalue weighted by molar-refractivity contribution is -0.0109. The van der Waals surface area contributed by atoms with E-state index in [2.05, 4.69) is 12.2 Å². The highest BCUT2D eigenvalue weighted by Crippen LogP contribution is 2.32. The highest BCUT2D eigenvalue weighted by atomic mass is 16.3. The fraction of sp³-hybridized carbons (Fsp3) is 0.533. The van der Waals surface area contributed by atoms with Crippen molar-refractivity contribution >= 4 is 5.91 Å². The van der Waals surface area contributed by atoms with E-state index in [0.717, 1.165) is 12.8 Å². The van der Waals surface area contributed by atoms with Crippen molar-refractivity contribution in [2.45, 2.75) is 38.2 Å². The molecular weight excluding hydrogens is 258 g/mol. The molecule has 1 saturated carbocycles. The molecule has 1 aromatic carbocycles. The van der Waals surface area contributed by atoms with Crippen LogP contribution in [0.2, 0.25) is 0 Å². The summed E-state index contributed by atoms with van der Waals surface area (Å²) >= 11 is 0. The molecular formula is C15H21NO4. The molecule has 0 aliphatic heterocycles. The molecule has 0 heterocycles. The summed E-state index contributed by atoms with van der Waals surface area (Å²) in [5.74, 6) is -0.686. The second-order valence-electron chi connectivity index (χ2n) is 5.78. The van der Waals surface area contributed by atoms with Crippen molar-refractivity contribution in [2.75, 3.05) is 6.54 Å². The first kappa shape index (κ1) is 14.7. The smallest absolute Gasteiger partial charge is 0.258 e. The van der Waals surface area contributed by atoms with Gasteiger partial charge in [-0.1, -0.05) is 25.8 Å². The number of carbonyl (C=O) groups excluding carboxylic acids is 1. The second-order valence-corrected chi connectivity index (χ2v) is 5.78. The lowest BCUT2D eigenvalue weighted by Gasteiger charge is -2.35. The minimum atomic E-state index is -0.895. The lowest BCUT2D eigenvalue weighted by Crippen LogP contribution is -2.45. The SMILES string of the molecule is CC1CCCC(O)(CNC(=O)c2c(O)cccc2O)C1. The molecule has 2 atom stereocenters. The number of nitrogens with one attached hydrogen (secondary N) is 1. The Morgan fingerprint density at radius 1 is 1.40 bits per heavy atom. The fourth-order valence-corrected chi connectivity index (χ4v) is 2.89. The Labute approximate surface area is 118 Å². The summed E-state index contributed by atoms with van der Waals surface area (Å²) in [7, 11) is 0. The van der Waals surface area contributed by atoms with E-state index in [9.17, 15) is 20.1 Å². The fourth-order valence-electron chi connectivity index (χ4n) is 2.89. The maximum absolute atomic E-state index is 12.0. The van der Waals surface area contributed by atoms with E-state index in [1.165, 1.54) is 18.2 Å². The molecule has 20 heavy (non-hydrogen) atoms. The van der Waals surface area contributed by atoms with Crippen LogP contribution in [0, 0.1) is 5.92 Å². The number of hydrogen-bond donors (Lipinski definition) is 4. The minimum absolute atomic E-state index is 0.129. The van der Waals surface area contributed by atoms with Crippen LogP contribution in [-0.4, -0.2) is 33.4 Å². The average molecular weight is 279 g/mol. The van der Waals surface area contributed by atoms with Gasteiger partial charge in [0, 0.05) is 6.54 Å². The number of rotatable bonds is 3. The van der Waals surface area contributed by atoms with Gasteiger partial charge in [-0.25, -0.2) is 0 Å². The van der Waals surface area contributed by atoms with E-state index in [-0.39, 0.29) is 23.6 Å². The summed E-state index contributed by atoms with van der Waals surface area (Å²) in [6.07, 6.45) is 3.34. The van der Waals surface area contributed by atoms with Gasteiger partial charge >= 0.3 is 0 Å². The van der Waals surface area contributed by atoms with E-state index in [4.69, 9.17) is 0 Å². The summed E-state index contributed by atoms with van der Waals surface area (Å²) in [6.45, 7) is 2.21. The van der Waals surface area contributed by atoms with Crippen molar-refractivity contribution in [3.8, 4) is 11.5 Å². The normalized spacial score (nSPS) is 26.2. The van der Waals surface area contributed by atoms with Crippen molar-refractivity contribution in [1.82, 2.24) is 5.32 Å². The summed E-state index contributed by atoms with van der Waals surface area (Å²) in [4.78, 5) is 12.0. The highest BCUT2D eigenvalue weighted by Gasteiger charge is 2.33. The van der Waals surface area contributed by atoms with Crippen molar-refractivity contribution in [1.29, 1.82) is 0 Å². The maximum atomic E-state index is 12.0. The quantitative estimate of drug-likeness (QED) is 0.679. The van der Waals surface area contributed by atoms with Gasteiger partial charge in [0.2, 0.25) is 0 Å². The Kier molecular flexibility index (Phi) is 4.18. The van der Waals surface area contributed by atoms with E-state index >= 15 is 0 Å². The molecule has 1 aliphatic rings. The third kappa shape index (κ3) is 3.22. The number of hydrogen-bond acceptors (Lipinski definition) is 4. The summed E-state index contributed by atoms with van der Waals surface area (Å²) in [6, 6.07) is 4.13. The minimum Gasteiger partial charge on any atom is -0.507 e. The lowest BCUT2D eigenvalue weighted by atomic mass is 9.79. The molecule has 5 nitrogen and oxygen atoms in total. The molecule has 1 fully saturated rings. The van der Waals surface area contributed by atoms with Crippen LogP contribution in [0.15, 0.2) is 18.2 Å². The predicted octanol–water partition coefficient (Wildman–Crippen LogP) is 1.77. The van der Waals surface area contributed by atoms with E-state index in [0.29, 0.717) is 18.8 Å². The molecule has 1 aromatic rings. The highest BCUT2D eigenvalue weighted by molar-refractivity contribution is 5.99. The first-order valence-corrected chi connectivity index (χ1v) is 6.93. The first-order valence-electron chi connectivity index (χ1n) is 6.93. The molecule has 1 amide bonds. The van der Waals surface area contributed by atoms with Crippen LogP contribution in [0.3, 0.4) is 0 Å². The Hall–Kier alpha value is -1.75. The number of aromatic hydroxyl groups is 2. The van der Waals surface area contributed by atoms with Gasteiger partial charge in [-0.2, -0.15) is 0 Å². The van der Waals surface area contributed by atoms with Crippen LogP contribution < -0.4 is 5.32 Å². The Morgan fingerprint density at radius 3 is 2.65 bits per heavy atom. The maximum Gasteiger partial charge on any atom is 0.258 e. The number of aliphatic hydroxyl groups is 1. The third-order valence-electron chi connectivity index (χ3n) is 3.89. The number of benzene rings is 1. The Bertz CT molecular complexity index is 482. The van der Waals surface area contributed by atoms with Crippen LogP contribution in [0.25, 0.3) is 0 Å². The molecule has 0 saturated heterocycles. The van der Waals surface area contributed by atoms with Gasteiger partial charge in [-0.15, -0.1) is 0 Å². The zero-order valence-electron chi connectivity index (χ0n) is 11.6. The number of amides is 1.